The third kappa shape index (κ3) is 4.87. The van der Waals surface area contributed by atoms with Crippen LogP contribution in [0.5, 0.6) is 0 Å². The third-order valence-corrected chi connectivity index (χ3v) is 5.39. The molecule has 2 aromatic carbocycles. The van der Waals surface area contributed by atoms with Crippen LogP contribution in [0.2, 0.25) is 5.02 Å². The van der Waals surface area contributed by atoms with E-state index in [1.807, 2.05) is 36.1 Å². The lowest BCUT2D eigenvalue weighted by Gasteiger charge is -2.19. The first-order valence-electron chi connectivity index (χ1n) is 10.2. The second-order valence-electron chi connectivity index (χ2n) is 7.43. The molecule has 0 unspecified atom stereocenters. The highest BCUT2D eigenvalue weighted by atomic mass is 35.5. The van der Waals surface area contributed by atoms with E-state index in [4.69, 9.17) is 11.6 Å². The Bertz CT molecular complexity index is 1310. The lowest BCUT2D eigenvalue weighted by atomic mass is 10.1. The van der Waals surface area contributed by atoms with Gasteiger partial charge >= 0.3 is 0 Å². The number of likely N-dealkylation sites (N-methyl/N-ethyl adjacent to an activating group) is 1. The Hall–Kier alpha value is -3.49. The highest BCUT2D eigenvalue weighted by Gasteiger charge is 2.15. The Kier molecular flexibility index (Phi) is 6.34. The van der Waals surface area contributed by atoms with Crippen molar-refractivity contribution >= 4 is 34.2 Å². The fourth-order valence-corrected chi connectivity index (χ4v) is 3.56. The van der Waals surface area contributed by atoms with Crippen LogP contribution in [-0.2, 0) is 18.4 Å². The van der Waals surface area contributed by atoms with E-state index in [0.29, 0.717) is 40.7 Å². The lowest BCUT2D eigenvalue weighted by molar-refractivity contribution is -0.117. The number of carbonyl (C=O) groups excluding carboxylic acids is 1. The standard InChI is InChI=1S/C23H23ClN6O2/c1-3-30(13-20-25-18-7-5-4-6-17(18)23(32)26-20)14-22(31)27-21-12-19(28-29(21)2)15-8-10-16(24)11-9-15/h4-12H,3,13-14H2,1-2H3,(H,27,31)(H,25,26,32). The van der Waals surface area contributed by atoms with E-state index in [9.17, 15) is 9.59 Å². The molecule has 0 aliphatic heterocycles. The molecule has 0 radical (unpaired) electrons. The van der Waals surface area contributed by atoms with E-state index in [0.717, 1.165) is 11.3 Å². The van der Waals surface area contributed by atoms with Crippen LogP contribution in [0.15, 0.2) is 59.4 Å². The van der Waals surface area contributed by atoms with Crippen LogP contribution in [0.25, 0.3) is 22.2 Å². The summed E-state index contributed by atoms with van der Waals surface area (Å²) in [6.45, 7) is 3.07. The van der Waals surface area contributed by atoms with Crippen molar-refractivity contribution in [3.8, 4) is 11.3 Å². The van der Waals surface area contributed by atoms with Gasteiger partial charge in [-0.1, -0.05) is 42.8 Å². The zero-order valence-electron chi connectivity index (χ0n) is 17.8. The average molecular weight is 451 g/mol. The van der Waals surface area contributed by atoms with Gasteiger partial charge in [-0.2, -0.15) is 5.10 Å². The highest BCUT2D eigenvalue weighted by molar-refractivity contribution is 6.30. The maximum atomic E-state index is 12.7. The molecule has 0 aliphatic carbocycles. The van der Waals surface area contributed by atoms with E-state index in [2.05, 4.69) is 20.4 Å². The highest BCUT2D eigenvalue weighted by Crippen LogP contribution is 2.23. The summed E-state index contributed by atoms with van der Waals surface area (Å²) in [4.78, 5) is 34.2. The van der Waals surface area contributed by atoms with Crippen molar-refractivity contribution in [3.63, 3.8) is 0 Å². The molecule has 0 fully saturated rings. The number of nitrogens with one attached hydrogen (secondary N) is 2. The number of halogens is 1. The van der Waals surface area contributed by atoms with Crippen molar-refractivity contribution in [3.05, 3.63) is 75.8 Å². The van der Waals surface area contributed by atoms with Gasteiger partial charge in [-0.25, -0.2) is 4.98 Å². The molecule has 4 aromatic rings. The van der Waals surface area contributed by atoms with Gasteiger partial charge in [0.1, 0.15) is 11.6 Å². The number of aryl methyl sites for hydroxylation is 1. The van der Waals surface area contributed by atoms with Crippen molar-refractivity contribution in [2.24, 2.45) is 7.05 Å². The first-order valence-corrected chi connectivity index (χ1v) is 10.6. The molecule has 8 nitrogen and oxygen atoms in total. The zero-order valence-corrected chi connectivity index (χ0v) is 18.6. The second kappa shape index (κ2) is 9.33. The van der Waals surface area contributed by atoms with Crippen LogP contribution in [-0.4, -0.2) is 43.6 Å². The van der Waals surface area contributed by atoms with Gasteiger partial charge in [-0.3, -0.25) is 19.2 Å². The van der Waals surface area contributed by atoms with Crippen LogP contribution in [0.3, 0.4) is 0 Å². The van der Waals surface area contributed by atoms with Crippen LogP contribution >= 0.6 is 11.6 Å². The molecule has 9 heteroatoms. The largest absolute Gasteiger partial charge is 0.310 e. The number of hydrogen-bond donors (Lipinski definition) is 2. The fraction of sp³-hybridized carbons (Fsp3) is 0.217. The Morgan fingerprint density at radius 2 is 1.94 bits per heavy atom. The molecule has 2 heterocycles. The molecule has 0 saturated carbocycles. The summed E-state index contributed by atoms with van der Waals surface area (Å²) in [5.41, 5.74) is 2.10. The van der Waals surface area contributed by atoms with Crippen LogP contribution in [0, 0.1) is 0 Å². The molecule has 4 rings (SSSR count). The second-order valence-corrected chi connectivity index (χ2v) is 7.86. The van der Waals surface area contributed by atoms with Crippen LogP contribution in [0.1, 0.15) is 12.7 Å². The number of benzene rings is 2. The third-order valence-electron chi connectivity index (χ3n) is 5.14. The topological polar surface area (TPSA) is 95.9 Å². The van der Waals surface area contributed by atoms with Gasteiger partial charge in [0, 0.05) is 23.7 Å². The number of hydrogen-bond acceptors (Lipinski definition) is 5. The molecular formula is C23H23ClN6O2. The number of carbonyl (C=O) groups is 1. The van der Waals surface area contributed by atoms with Gasteiger partial charge in [-0.15, -0.1) is 0 Å². The fourth-order valence-electron chi connectivity index (χ4n) is 3.43. The summed E-state index contributed by atoms with van der Waals surface area (Å²) in [6.07, 6.45) is 0. The summed E-state index contributed by atoms with van der Waals surface area (Å²) >= 11 is 5.95. The normalized spacial score (nSPS) is 11.2. The molecule has 0 bridgehead atoms. The molecule has 164 valence electrons. The number of anilines is 1. The van der Waals surface area contributed by atoms with E-state index in [1.54, 1.807) is 42.1 Å². The lowest BCUT2D eigenvalue weighted by Crippen LogP contribution is -2.34. The minimum Gasteiger partial charge on any atom is -0.310 e. The SMILES string of the molecule is CCN(CC(=O)Nc1cc(-c2ccc(Cl)cc2)nn1C)Cc1nc2ccccc2c(=O)[nH]1. The summed E-state index contributed by atoms with van der Waals surface area (Å²) in [5, 5.41) is 8.57. The van der Waals surface area contributed by atoms with E-state index < -0.39 is 0 Å². The first kappa shape index (κ1) is 21.7. The van der Waals surface area contributed by atoms with Gasteiger partial charge in [0.2, 0.25) is 5.91 Å². The molecule has 2 N–H and O–H groups in total. The number of nitrogens with zero attached hydrogens (tertiary/aromatic N) is 4. The van der Waals surface area contributed by atoms with Gasteiger partial charge in [0.05, 0.1) is 29.7 Å². The van der Waals surface area contributed by atoms with Crippen molar-refractivity contribution in [2.75, 3.05) is 18.4 Å². The van der Waals surface area contributed by atoms with Crippen molar-refractivity contribution in [1.29, 1.82) is 0 Å². The van der Waals surface area contributed by atoms with Gasteiger partial charge in [0.25, 0.3) is 5.56 Å². The summed E-state index contributed by atoms with van der Waals surface area (Å²) < 4.78 is 1.63. The number of aromatic amines is 1. The average Bonchev–Trinajstić information content (AvgIpc) is 3.13. The minimum atomic E-state index is -0.185. The molecular weight excluding hydrogens is 428 g/mol. The number of rotatable bonds is 7. The summed E-state index contributed by atoms with van der Waals surface area (Å²) in [6, 6.07) is 16.4. The predicted molar refractivity (Wildman–Crippen MR) is 126 cm³/mol. The number of aromatic nitrogens is 4. The van der Waals surface area contributed by atoms with Crippen LogP contribution < -0.4 is 10.9 Å². The van der Waals surface area contributed by atoms with E-state index >= 15 is 0 Å². The Morgan fingerprint density at radius 1 is 1.19 bits per heavy atom. The summed E-state index contributed by atoms with van der Waals surface area (Å²) in [7, 11) is 1.77. The minimum absolute atomic E-state index is 0.147. The van der Waals surface area contributed by atoms with Gasteiger partial charge < -0.3 is 10.3 Å². The maximum absolute atomic E-state index is 12.7. The number of fused-ring (bicyclic) bond motifs is 1. The van der Waals surface area contributed by atoms with Crippen molar-refractivity contribution < 1.29 is 4.79 Å². The summed E-state index contributed by atoms with van der Waals surface area (Å²) in [5.74, 6) is 0.933. The van der Waals surface area contributed by atoms with Crippen LogP contribution in [0.4, 0.5) is 5.82 Å². The van der Waals surface area contributed by atoms with E-state index in [-0.39, 0.29) is 18.0 Å². The van der Waals surface area contributed by atoms with Gasteiger partial charge in [-0.05, 0) is 30.8 Å². The smallest absolute Gasteiger partial charge is 0.258 e. The molecule has 1 amide bonds. The van der Waals surface area contributed by atoms with Gasteiger partial charge in [0.15, 0.2) is 0 Å². The Balaban J connectivity index is 1.44. The first-order chi connectivity index (χ1) is 15.4. The number of H-pyrrole nitrogens is 1. The molecule has 0 aliphatic rings. The molecule has 0 saturated heterocycles. The zero-order chi connectivity index (χ0) is 22.7. The van der Waals surface area contributed by atoms with Crippen molar-refractivity contribution in [2.45, 2.75) is 13.5 Å². The Labute approximate surface area is 189 Å². The molecule has 0 atom stereocenters. The molecule has 0 spiro atoms. The van der Waals surface area contributed by atoms with E-state index in [1.165, 1.54) is 0 Å². The molecule has 32 heavy (non-hydrogen) atoms. The molecule has 2 aromatic heterocycles. The quantitative estimate of drug-likeness (QED) is 0.449. The number of para-hydroxylation sites is 1. The predicted octanol–water partition coefficient (Wildman–Crippen LogP) is 3.44. The maximum Gasteiger partial charge on any atom is 0.258 e. The Morgan fingerprint density at radius 3 is 2.69 bits per heavy atom. The van der Waals surface area contributed by atoms with Crippen molar-refractivity contribution in [1.82, 2.24) is 24.6 Å². The number of amides is 1. The monoisotopic (exact) mass is 450 g/mol.